The third-order valence-corrected chi connectivity index (χ3v) is 1.73. The molecular weight excluding hydrogens is 89.8 g/mol. The second-order valence-electron chi connectivity index (χ2n) is 2.09. The van der Waals surface area contributed by atoms with Crippen LogP contribution in [0.5, 0.6) is 0 Å². The number of hydrogen-bond acceptors (Lipinski definition) is 0. The summed E-state index contributed by atoms with van der Waals surface area (Å²) in [4.78, 5) is 0. The van der Waals surface area contributed by atoms with Gasteiger partial charge in [0.1, 0.15) is 6.71 Å². The molecule has 0 heterocycles. The molecule has 0 unspecified atom stereocenters. The molecule has 0 atom stereocenters. The van der Waals surface area contributed by atoms with Gasteiger partial charge in [-0.2, -0.15) is 0 Å². The second-order valence-corrected chi connectivity index (χ2v) is 2.09. The Labute approximate surface area is 67.2 Å². The monoisotopic (exact) mass is 107 g/mol. The summed E-state index contributed by atoms with van der Waals surface area (Å²) in [5.74, 6) is 0. The summed E-state index contributed by atoms with van der Waals surface area (Å²) in [5.41, 5.74) is 0. The summed E-state index contributed by atoms with van der Waals surface area (Å²) in [5, 5.41) is 0. The van der Waals surface area contributed by atoms with E-state index in [0.29, 0.717) is 0 Å². The van der Waals surface area contributed by atoms with E-state index in [2.05, 4.69) is 20.8 Å². The zero-order valence-electron chi connectivity index (χ0n) is 7.70. The molecule has 2 heteroatoms. The van der Waals surface area contributed by atoms with Crippen molar-refractivity contribution in [1.29, 1.82) is 0 Å². The fourth-order valence-electron chi connectivity index (χ4n) is 0.866. The Bertz CT molecular complexity index is 34.5. The third-order valence-electron chi connectivity index (χ3n) is 1.73. The van der Waals surface area contributed by atoms with Gasteiger partial charge in [0.15, 0.2) is 0 Å². The van der Waals surface area contributed by atoms with Crippen molar-refractivity contribution in [3.63, 3.8) is 0 Å². The minimum atomic E-state index is 0. The average Bonchev–Trinajstić information content (AvgIpc) is 1.72. The van der Waals surface area contributed by atoms with E-state index in [4.69, 9.17) is 0 Å². The Morgan fingerprint density at radius 2 is 1.25 bits per heavy atom. The van der Waals surface area contributed by atoms with Crippen molar-refractivity contribution in [2.75, 3.05) is 0 Å². The number of rotatable bonds is 3. The van der Waals surface area contributed by atoms with Gasteiger partial charge >= 0.3 is 18.9 Å². The van der Waals surface area contributed by atoms with Gasteiger partial charge in [0.25, 0.3) is 0 Å². The molecule has 0 amide bonds. The van der Waals surface area contributed by atoms with Gasteiger partial charge in [0.2, 0.25) is 0 Å². The first-order valence-electron chi connectivity index (χ1n) is 3.35. The summed E-state index contributed by atoms with van der Waals surface area (Å²) in [6, 6.07) is 0. The van der Waals surface area contributed by atoms with Crippen molar-refractivity contribution in [2.45, 2.75) is 39.7 Å². The van der Waals surface area contributed by atoms with Crippen LogP contribution in [0.2, 0.25) is 19.0 Å². The molecule has 0 aliphatic carbocycles. The molecule has 0 radical (unpaired) electrons. The molecule has 0 saturated heterocycles. The molecule has 0 aromatic carbocycles. The van der Waals surface area contributed by atoms with Crippen LogP contribution >= 0.6 is 0 Å². The van der Waals surface area contributed by atoms with Crippen LogP contribution in [0.3, 0.4) is 0 Å². The molecule has 0 nitrogen and oxygen atoms in total. The standard InChI is InChI=1S/C6H15B.Li.H/c1-4-7(5-2)6-3;;/h4-6H2,1-3H3;;/q;+1;-1/i;;1+1. The maximum absolute atomic E-state index is 2.26. The summed E-state index contributed by atoms with van der Waals surface area (Å²) >= 11 is 0. The molecule has 0 rings (SSSR count). The molecule has 0 aromatic heterocycles. The van der Waals surface area contributed by atoms with E-state index in [1.54, 1.807) is 0 Å². The van der Waals surface area contributed by atoms with Crippen LogP contribution in [0, 0.1) is 0 Å². The zero-order valence-corrected chi connectivity index (χ0v) is 6.70. The van der Waals surface area contributed by atoms with Gasteiger partial charge in [-0.1, -0.05) is 39.7 Å². The Morgan fingerprint density at radius 1 is 1.00 bits per heavy atom. The topological polar surface area (TPSA) is 0 Å². The van der Waals surface area contributed by atoms with Crippen LogP contribution in [0.4, 0.5) is 0 Å². The maximum Gasteiger partial charge on any atom is 1.00 e. The Hall–Kier alpha value is 0.662. The van der Waals surface area contributed by atoms with Crippen molar-refractivity contribution in [1.82, 2.24) is 0 Å². The Morgan fingerprint density at radius 3 is 1.25 bits per heavy atom. The second kappa shape index (κ2) is 7.66. The molecule has 0 aliphatic rings. The maximum atomic E-state index is 2.26. The van der Waals surface area contributed by atoms with Crippen molar-refractivity contribution < 1.29 is 20.3 Å². The SMILES string of the molecule is CCB(CC)CC.[2H-].[Li+]. The molecule has 0 saturated carbocycles. The van der Waals surface area contributed by atoms with E-state index < -0.39 is 0 Å². The molecule has 0 aliphatic heterocycles. The first-order chi connectivity index (χ1) is 3.35. The minimum Gasteiger partial charge on any atom is -1.00 e. The first kappa shape index (κ1) is 11.5. The van der Waals surface area contributed by atoms with Gasteiger partial charge < -0.3 is 1.43 Å². The minimum absolute atomic E-state index is 0. The molecule has 8 heavy (non-hydrogen) atoms. The van der Waals surface area contributed by atoms with E-state index in [0.717, 1.165) is 6.71 Å². The summed E-state index contributed by atoms with van der Waals surface area (Å²) in [7, 11) is 0. The van der Waals surface area contributed by atoms with Crippen molar-refractivity contribution >= 4 is 6.71 Å². The van der Waals surface area contributed by atoms with Crippen LogP contribution < -0.4 is 18.9 Å². The van der Waals surface area contributed by atoms with Crippen molar-refractivity contribution in [3.05, 3.63) is 0 Å². The quantitative estimate of drug-likeness (QED) is 0.432. The van der Waals surface area contributed by atoms with Crippen LogP contribution in [0.1, 0.15) is 22.2 Å². The summed E-state index contributed by atoms with van der Waals surface area (Å²) < 4.78 is 0. The molecule has 0 N–H and O–H groups in total. The van der Waals surface area contributed by atoms with Gasteiger partial charge in [-0.15, -0.1) is 0 Å². The largest absolute Gasteiger partial charge is 1.00 e. The van der Waals surface area contributed by atoms with Crippen LogP contribution in [0.15, 0.2) is 0 Å². The molecule has 0 spiro atoms. The predicted molar refractivity (Wildman–Crippen MR) is 38.3 cm³/mol. The van der Waals surface area contributed by atoms with E-state index in [1.807, 2.05) is 0 Å². The average molecular weight is 107 g/mol. The van der Waals surface area contributed by atoms with Crippen molar-refractivity contribution in [3.8, 4) is 0 Å². The fraction of sp³-hybridized carbons (Fsp3) is 1.00. The summed E-state index contributed by atoms with van der Waals surface area (Å²) in [6.45, 7) is 7.77. The van der Waals surface area contributed by atoms with Crippen LogP contribution in [-0.2, 0) is 0 Å². The smallest absolute Gasteiger partial charge is 1.00 e. The van der Waals surface area contributed by atoms with Crippen LogP contribution in [-0.4, -0.2) is 6.71 Å². The van der Waals surface area contributed by atoms with Gasteiger partial charge in [-0.25, -0.2) is 0 Å². The van der Waals surface area contributed by atoms with Gasteiger partial charge in [-0.05, 0) is 0 Å². The van der Waals surface area contributed by atoms with E-state index in [9.17, 15) is 0 Å². The number of hydrogen-bond donors (Lipinski definition) is 0. The molecular formula is C6H16BLi. The fourth-order valence-corrected chi connectivity index (χ4v) is 0.866. The Balaban J connectivity index is -0.000000180. The van der Waals surface area contributed by atoms with E-state index in [-0.39, 0.29) is 20.3 Å². The summed E-state index contributed by atoms with van der Waals surface area (Å²) in [6.07, 6.45) is 4.06. The molecule has 0 fully saturated rings. The Kier molecular flexibility index (Phi) is 11.0. The van der Waals surface area contributed by atoms with Crippen molar-refractivity contribution in [2.24, 2.45) is 0 Å². The third kappa shape index (κ3) is 4.81. The molecule has 0 bridgehead atoms. The molecule has 0 aromatic rings. The first-order valence-corrected chi connectivity index (χ1v) is 3.35. The predicted octanol–water partition coefficient (Wildman–Crippen LogP) is -0.343. The van der Waals surface area contributed by atoms with Crippen LogP contribution in [0.25, 0.3) is 0 Å². The van der Waals surface area contributed by atoms with Gasteiger partial charge in [0.05, 0.1) is 0 Å². The van der Waals surface area contributed by atoms with E-state index in [1.165, 1.54) is 19.0 Å². The normalized spacial score (nSPS) is 7.88. The van der Waals surface area contributed by atoms with E-state index >= 15 is 0 Å². The van der Waals surface area contributed by atoms with Gasteiger partial charge in [0, 0.05) is 0 Å². The zero-order chi connectivity index (χ0) is 5.70. The molecule has 44 valence electrons. The van der Waals surface area contributed by atoms with Gasteiger partial charge in [-0.3, -0.25) is 0 Å².